The molecule has 0 aromatic heterocycles. The lowest BCUT2D eigenvalue weighted by Gasteiger charge is -2.13. The van der Waals surface area contributed by atoms with Gasteiger partial charge in [-0.2, -0.15) is 0 Å². The molecule has 0 amide bonds. The molecule has 0 bridgehead atoms. The predicted molar refractivity (Wildman–Crippen MR) is 61.8 cm³/mol. The molecule has 0 heterocycles. The Kier molecular flexibility index (Phi) is 3.78. The number of halogens is 5. The molecular formula is C13H7ClF4O. The Labute approximate surface area is 111 Å². The zero-order valence-corrected chi connectivity index (χ0v) is 10.1. The summed E-state index contributed by atoms with van der Waals surface area (Å²) in [7, 11) is 0. The Balaban J connectivity index is 2.46. The lowest BCUT2D eigenvalue weighted by Crippen LogP contribution is -2.05. The molecule has 1 unspecified atom stereocenters. The summed E-state index contributed by atoms with van der Waals surface area (Å²) in [6, 6.07) is 4.12. The van der Waals surface area contributed by atoms with Crippen LogP contribution in [-0.4, -0.2) is 5.11 Å². The molecule has 0 saturated heterocycles. The van der Waals surface area contributed by atoms with E-state index in [9.17, 15) is 22.7 Å². The van der Waals surface area contributed by atoms with Gasteiger partial charge >= 0.3 is 0 Å². The number of aliphatic hydroxyl groups excluding tert-OH is 1. The van der Waals surface area contributed by atoms with Crippen LogP contribution in [-0.2, 0) is 0 Å². The summed E-state index contributed by atoms with van der Waals surface area (Å²) in [6.45, 7) is 0. The van der Waals surface area contributed by atoms with Crippen LogP contribution in [0.25, 0.3) is 0 Å². The van der Waals surface area contributed by atoms with Gasteiger partial charge in [-0.3, -0.25) is 0 Å². The summed E-state index contributed by atoms with van der Waals surface area (Å²) >= 11 is 5.53. The molecule has 0 saturated carbocycles. The summed E-state index contributed by atoms with van der Waals surface area (Å²) in [5.41, 5.74) is -0.391. The molecule has 0 radical (unpaired) electrons. The van der Waals surface area contributed by atoms with E-state index in [-0.39, 0.29) is 10.6 Å². The van der Waals surface area contributed by atoms with Crippen LogP contribution in [0.5, 0.6) is 0 Å². The van der Waals surface area contributed by atoms with Crippen molar-refractivity contribution in [3.05, 3.63) is 69.8 Å². The molecule has 2 aromatic rings. The molecule has 100 valence electrons. The van der Waals surface area contributed by atoms with Gasteiger partial charge in [0.05, 0.1) is 5.02 Å². The highest BCUT2D eigenvalue weighted by atomic mass is 35.5. The maximum Gasteiger partial charge on any atom is 0.161 e. The number of benzene rings is 2. The maximum atomic E-state index is 13.5. The highest BCUT2D eigenvalue weighted by molar-refractivity contribution is 6.30. The quantitative estimate of drug-likeness (QED) is 0.655. The van der Waals surface area contributed by atoms with Crippen molar-refractivity contribution < 1.29 is 22.7 Å². The van der Waals surface area contributed by atoms with E-state index in [0.717, 1.165) is 12.1 Å². The minimum absolute atomic E-state index is 0.0660. The van der Waals surface area contributed by atoms with E-state index in [4.69, 9.17) is 11.6 Å². The number of hydrogen-bond acceptors (Lipinski definition) is 1. The fraction of sp³-hybridized carbons (Fsp3) is 0.0769. The molecule has 6 heteroatoms. The first-order valence-corrected chi connectivity index (χ1v) is 5.55. The van der Waals surface area contributed by atoms with Gasteiger partial charge in [-0.25, -0.2) is 17.6 Å². The monoisotopic (exact) mass is 290 g/mol. The van der Waals surface area contributed by atoms with E-state index in [1.54, 1.807) is 0 Å². The number of hydrogen-bond donors (Lipinski definition) is 1. The van der Waals surface area contributed by atoms with E-state index < -0.39 is 34.9 Å². The Morgan fingerprint density at radius 2 is 1.47 bits per heavy atom. The third kappa shape index (κ3) is 2.72. The van der Waals surface area contributed by atoms with Gasteiger partial charge in [0.2, 0.25) is 0 Å². The molecule has 1 N–H and O–H groups in total. The molecular weight excluding hydrogens is 284 g/mol. The van der Waals surface area contributed by atoms with Gasteiger partial charge in [0.1, 0.15) is 17.7 Å². The van der Waals surface area contributed by atoms with Gasteiger partial charge in [-0.15, -0.1) is 0 Å². The van der Waals surface area contributed by atoms with Crippen LogP contribution in [0.1, 0.15) is 17.2 Å². The largest absolute Gasteiger partial charge is 0.384 e. The predicted octanol–water partition coefficient (Wildman–Crippen LogP) is 3.98. The van der Waals surface area contributed by atoms with Crippen LogP contribution >= 0.6 is 11.6 Å². The Hall–Kier alpha value is -1.59. The normalized spacial score (nSPS) is 12.5. The summed E-state index contributed by atoms with van der Waals surface area (Å²) in [5, 5.41) is 9.63. The van der Waals surface area contributed by atoms with Crippen LogP contribution in [0.2, 0.25) is 5.02 Å². The van der Waals surface area contributed by atoms with Crippen molar-refractivity contribution in [2.24, 2.45) is 0 Å². The smallest absolute Gasteiger partial charge is 0.161 e. The van der Waals surface area contributed by atoms with Crippen LogP contribution in [0.3, 0.4) is 0 Å². The zero-order chi connectivity index (χ0) is 14.2. The second kappa shape index (κ2) is 5.19. The first-order chi connectivity index (χ1) is 8.90. The van der Waals surface area contributed by atoms with E-state index in [1.165, 1.54) is 6.07 Å². The minimum Gasteiger partial charge on any atom is -0.384 e. The highest BCUT2D eigenvalue weighted by Gasteiger charge is 2.19. The average Bonchev–Trinajstić information content (AvgIpc) is 2.36. The Morgan fingerprint density at radius 3 is 2.11 bits per heavy atom. The van der Waals surface area contributed by atoms with Gasteiger partial charge in [0, 0.05) is 11.6 Å². The van der Waals surface area contributed by atoms with Crippen molar-refractivity contribution in [1.29, 1.82) is 0 Å². The maximum absolute atomic E-state index is 13.5. The molecule has 1 atom stereocenters. The Morgan fingerprint density at radius 1 is 0.842 bits per heavy atom. The first kappa shape index (κ1) is 13.8. The second-order valence-corrected chi connectivity index (χ2v) is 4.27. The summed E-state index contributed by atoms with van der Waals surface area (Å²) < 4.78 is 52.3. The molecule has 0 spiro atoms. The van der Waals surface area contributed by atoms with Gasteiger partial charge in [0.25, 0.3) is 0 Å². The molecule has 2 rings (SSSR count). The minimum atomic E-state index is -1.58. The van der Waals surface area contributed by atoms with Crippen molar-refractivity contribution in [2.75, 3.05) is 0 Å². The van der Waals surface area contributed by atoms with Crippen molar-refractivity contribution in [3.63, 3.8) is 0 Å². The molecule has 2 aromatic carbocycles. The molecule has 19 heavy (non-hydrogen) atoms. The standard InChI is InChI=1S/C13H7ClF4O/c14-8-3-6(1-2-9(8)15)13(19)7-4-11(17)12(18)5-10(7)16/h1-5,13,19H. The van der Waals surface area contributed by atoms with Gasteiger partial charge < -0.3 is 5.11 Å². The Bertz CT molecular complexity index is 630. The third-order valence-corrected chi connectivity index (χ3v) is 2.88. The van der Waals surface area contributed by atoms with Crippen LogP contribution in [0.15, 0.2) is 30.3 Å². The first-order valence-electron chi connectivity index (χ1n) is 5.17. The zero-order valence-electron chi connectivity index (χ0n) is 9.30. The van der Waals surface area contributed by atoms with Crippen LogP contribution < -0.4 is 0 Å². The third-order valence-electron chi connectivity index (χ3n) is 2.59. The SMILES string of the molecule is OC(c1ccc(F)c(Cl)c1)c1cc(F)c(F)cc1F. The average molecular weight is 291 g/mol. The highest BCUT2D eigenvalue weighted by Crippen LogP contribution is 2.28. The van der Waals surface area contributed by atoms with E-state index in [0.29, 0.717) is 12.1 Å². The van der Waals surface area contributed by atoms with Gasteiger partial charge in [-0.1, -0.05) is 17.7 Å². The van der Waals surface area contributed by atoms with Crippen LogP contribution in [0.4, 0.5) is 17.6 Å². The molecule has 0 aliphatic carbocycles. The van der Waals surface area contributed by atoms with Crippen molar-refractivity contribution >= 4 is 11.6 Å². The molecule has 0 fully saturated rings. The van der Waals surface area contributed by atoms with Crippen LogP contribution in [0, 0.1) is 23.3 Å². The fourth-order valence-electron chi connectivity index (χ4n) is 1.61. The molecule has 1 nitrogen and oxygen atoms in total. The van der Waals surface area contributed by atoms with Gasteiger partial charge in [0.15, 0.2) is 11.6 Å². The van der Waals surface area contributed by atoms with E-state index >= 15 is 0 Å². The van der Waals surface area contributed by atoms with Crippen molar-refractivity contribution in [2.45, 2.75) is 6.10 Å². The van der Waals surface area contributed by atoms with Crippen molar-refractivity contribution in [1.82, 2.24) is 0 Å². The van der Waals surface area contributed by atoms with E-state index in [2.05, 4.69) is 0 Å². The number of aliphatic hydroxyl groups is 1. The molecule has 0 aliphatic heterocycles. The topological polar surface area (TPSA) is 20.2 Å². The van der Waals surface area contributed by atoms with E-state index in [1.807, 2.05) is 0 Å². The summed E-state index contributed by atoms with van der Waals surface area (Å²) in [5.74, 6) is -4.45. The summed E-state index contributed by atoms with van der Waals surface area (Å²) in [4.78, 5) is 0. The molecule has 0 aliphatic rings. The number of rotatable bonds is 2. The lowest BCUT2D eigenvalue weighted by atomic mass is 10.0. The second-order valence-electron chi connectivity index (χ2n) is 3.86. The van der Waals surface area contributed by atoms with Gasteiger partial charge in [-0.05, 0) is 23.8 Å². The lowest BCUT2D eigenvalue weighted by molar-refractivity contribution is 0.213. The summed E-state index contributed by atoms with van der Waals surface area (Å²) in [6.07, 6.45) is -1.58. The van der Waals surface area contributed by atoms with Crippen molar-refractivity contribution in [3.8, 4) is 0 Å². The fourth-order valence-corrected chi connectivity index (χ4v) is 1.80.